The van der Waals surface area contributed by atoms with Gasteiger partial charge >= 0.3 is 5.97 Å². The van der Waals surface area contributed by atoms with Gasteiger partial charge in [-0.15, -0.1) is 0 Å². The highest BCUT2D eigenvalue weighted by atomic mass is 16.5. The van der Waals surface area contributed by atoms with Crippen LogP contribution in [0.25, 0.3) is 0 Å². The standard InChI is InChI=1S/C9H8O4/c1-6(10)9(12)13-8-4-2-7(11)3-5-8/h2-5,11H,1H3. The Labute approximate surface area is 74.8 Å². The summed E-state index contributed by atoms with van der Waals surface area (Å²) >= 11 is 0. The second kappa shape index (κ2) is 3.71. The lowest BCUT2D eigenvalue weighted by atomic mass is 10.3. The van der Waals surface area contributed by atoms with Gasteiger partial charge < -0.3 is 9.84 Å². The predicted molar refractivity (Wildman–Crippen MR) is 44.4 cm³/mol. The van der Waals surface area contributed by atoms with Gasteiger partial charge in [-0.2, -0.15) is 0 Å². The van der Waals surface area contributed by atoms with Crippen molar-refractivity contribution in [1.82, 2.24) is 0 Å². The first-order valence-corrected chi connectivity index (χ1v) is 3.61. The molecule has 0 saturated carbocycles. The average Bonchev–Trinajstić information content (AvgIpc) is 2.08. The number of benzene rings is 1. The lowest BCUT2D eigenvalue weighted by Gasteiger charge is -2.00. The number of hydrogen-bond donors (Lipinski definition) is 1. The van der Waals surface area contributed by atoms with Crippen LogP contribution >= 0.6 is 0 Å². The van der Waals surface area contributed by atoms with E-state index in [0.29, 0.717) is 0 Å². The fourth-order valence-corrected chi connectivity index (χ4v) is 0.693. The highest BCUT2D eigenvalue weighted by molar-refractivity contribution is 6.33. The van der Waals surface area contributed by atoms with Gasteiger partial charge in [0.2, 0.25) is 5.78 Å². The van der Waals surface area contributed by atoms with Gasteiger partial charge in [0, 0.05) is 6.92 Å². The van der Waals surface area contributed by atoms with E-state index in [0.717, 1.165) is 6.92 Å². The molecular formula is C9H8O4. The summed E-state index contributed by atoms with van der Waals surface area (Å²) in [7, 11) is 0. The molecule has 0 spiro atoms. The maximum atomic E-state index is 10.8. The zero-order valence-electron chi connectivity index (χ0n) is 6.98. The van der Waals surface area contributed by atoms with Crippen molar-refractivity contribution in [2.24, 2.45) is 0 Å². The fraction of sp³-hybridized carbons (Fsp3) is 0.111. The molecule has 4 nitrogen and oxygen atoms in total. The molecule has 0 aliphatic heterocycles. The summed E-state index contributed by atoms with van der Waals surface area (Å²) in [6.45, 7) is 1.13. The Hall–Kier alpha value is -1.84. The van der Waals surface area contributed by atoms with Crippen LogP contribution in [0.2, 0.25) is 0 Å². The molecule has 0 heterocycles. The van der Waals surface area contributed by atoms with Crippen molar-refractivity contribution in [3.05, 3.63) is 24.3 Å². The maximum absolute atomic E-state index is 10.8. The Bertz CT molecular complexity index is 326. The first-order valence-electron chi connectivity index (χ1n) is 3.61. The van der Waals surface area contributed by atoms with Crippen LogP contribution in [0.15, 0.2) is 24.3 Å². The van der Waals surface area contributed by atoms with E-state index < -0.39 is 11.8 Å². The Morgan fingerprint density at radius 1 is 1.23 bits per heavy atom. The summed E-state index contributed by atoms with van der Waals surface area (Å²) in [6, 6.07) is 5.53. The molecular weight excluding hydrogens is 172 g/mol. The van der Waals surface area contributed by atoms with Crippen LogP contribution in [0.3, 0.4) is 0 Å². The van der Waals surface area contributed by atoms with Crippen LogP contribution in [-0.2, 0) is 9.59 Å². The molecule has 1 N–H and O–H groups in total. The molecule has 0 atom stereocenters. The topological polar surface area (TPSA) is 63.6 Å². The number of hydrogen-bond acceptors (Lipinski definition) is 4. The van der Waals surface area contributed by atoms with Crippen LogP contribution in [0, 0.1) is 0 Å². The van der Waals surface area contributed by atoms with Crippen molar-refractivity contribution in [3.8, 4) is 11.5 Å². The van der Waals surface area contributed by atoms with Gasteiger partial charge in [-0.1, -0.05) is 0 Å². The third-order valence-corrected chi connectivity index (χ3v) is 1.33. The van der Waals surface area contributed by atoms with Crippen LogP contribution in [0.4, 0.5) is 0 Å². The number of ether oxygens (including phenoxy) is 1. The van der Waals surface area contributed by atoms with E-state index in [1.807, 2.05) is 0 Å². The minimum atomic E-state index is -0.911. The number of aromatic hydroxyl groups is 1. The van der Waals surface area contributed by atoms with Crippen molar-refractivity contribution in [2.45, 2.75) is 6.92 Å². The van der Waals surface area contributed by atoms with Gasteiger partial charge in [0.05, 0.1) is 0 Å². The molecule has 0 amide bonds. The Morgan fingerprint density at radius 3 is 2.23 bits per heavy atom. The number of rotatable bonds is 2. The average molecular weight is 180 g/mol. The van der Waals surface area contributed by atoms with E-state index in [9.17, 15) is 9.59 Å². The Balaban J connectivity index is 2.70. The molecule has 0 aromatic heterocycles. The molecule has 0 fully saturated rings. The molecule has 0 aliphatic rings. The van der Waals surface area contributed by atoms with Crippen LogP contribution < -0.4 is 4.74 Å². The molecule has 0 radical (unpaired) electrons. The molecule has 0 unspecified atom stereocenters. The van der Waals surface area contributed by atoms with Crippen molar-refractivity contribution in [2.75, 3.05) is 0 Å². The van der Waals surface area contributed by atoms with Crippen LogP contribution in [0.5, 0.6) is 11.5 Å². The molecule has 0 saturated heterocycles. The highest BCUT2D eigenvalue weighted by Gasteiger charge is 2.09. The third kappa shape index (κ3) is 2.59. The lowest BCUT2D eigenvalue weighted by molar-refractivity contribution is -0.146. The van der Waals surface area contributed by atoms with Crippen LogP contribution in [0.1, 0.15) is 6.92 Å². The number of ketones is 1. The largest absolute Gasteiger partial charge is 0.508 e. The third-order valence-electron chi connectivity index (χ3n) is 1.33. The molecule has 13 heavy (non-hydrogen) atoms. The number of phenols is 1. The smallest absolute Gasteiger partial charge is 0.379 e. The summed E-state index contributed by atoms with van der Waals surface area (Å²) < 4.78 is 4.63. The highest BCUT2D eigenvalue weighted by Crippen LogP contribution is 2.15. The number of Topliss-reactive ketones (excluding diaryl/α,β-unsaturated/α-hetero) is 1. The second-order valence-corrected chi connectivity index (χ2v) is 2.44. The molecule has 1 rings (SSSR count). The molecule has 1 aromatic carbocycles. The summed E-state index contributed by atoms with van der Waals surface area (Å²) in [5.41, 5.74) is 0. The summed E-state index contributed by atoms with van der Waals surface area (Å²) in [5, 5.41) is 8.89. The zero-order valence-corrected chi connectivity index (χ0v) is 6.98. The van der Waals surface area contributed by atoms with E-state index in [2.05, 4.69) is 4.74 Å². The number of carbonyl (C=O) groups is 2. The van der Waals surface area contributed by atoms with Gasteiger partial charge in [0.25, 0.3) is 0 Å². The van der Waals surface area contributed by atoms with E-state index in [1.54, 1.807) is 0 Å². The van der Waals surface area contributed by atoms with Gasteiger partial charge in [-0.05, 0) is 24.3 Å². The van der Waals surface area contributed by atoms with Crippen LogP contribution in [-0.4, -0.2) is 16.9 Å². The van der Waals surface area contributed by atoms with Gasteiger partial charge in [0.15, 0.2) is 0 Å². The predicted octanol–water partition coefficient (Wildman–Crippen LogP) is 0.887. The molecule has 0 aliphatic carbocycles. The maximum Gasteiger partial charge on any atom is 0.379 e. The SMILES string of the molecule is CC(=O)C(=O)Oc1ccc(O)cc1. The van der Waals surface area contributed by atoms with Crippen molar-refractivity contribution >= 4 is 11.8 Å². The lowest BCUT2D eigenvalue weighted by Crippen LogP contribution is -2.16. The van der Waals surface area contributed by atoms with E-state index in [-0.39, 0.29) is 11.5 Å². The summed E-state index contributed by atoms with van der Waals surface area (Å²) in [6.07, 6.45) is 0. The molecule has 68 valence electrons. The molecule has 0 bridgehead atoms. The number of esters is 1. The van der Waals surface area contributed by atoms with Gasteiger partial charge in [-0.3, -0.25) is 4.79 Å². The first kappa shape index (κ1) is 9.25. The fourth-order valence-electron chi connectivity index (χ4n) is 0.693. The van der Waals surface area contributed by atoms with Crippen molar-refractivity contribution in [1.29, 1.82) is 0 Å². The molecule has 1 aromatic rings. The number of phenolic OH excluding ortho intramolecular Hbond substituents is 1. The normalized spacial score (nSPS) is 9.31. The molecule has 4 heteroatoms. The Kier molecular flexibility index (Phi) is 2.64. The Morgan fingerprint density at radius 2 is 1.77 bits per heavy atom. The zero-order chi connectivity index (χ0) is 9.84. The van der Waals surface area contributed by atoms with Crippen molar-refractivity contribution in [3.63, 3.8) is 0 Å². The van der Waals surface area contributed by atoms with Crippen molar-refractivity contribution < 1.29 is 19.4 Å². The van der Waals surface area contributed by atoms with Gasteiger partial charge in [-0.25, -0.2) is 4.79 Å². The van der Waals surface area contributed by atoms with E-state index >= 15 is 0 Å². The quantitative estimate of drug-likeness (QED) is 0.417. The summed E-state index contributed by atoms with van der Waals surface area (Å²) in [5.74, 6) is -1.26. The monoisotopic (exact) mass is 180 g/mol. The van der Waals surface area contributed by atoms with Gasteiger partial charge in [0.1, 0.15) is 11.5 Å². The second-order valence-electron chi connectivity index (χ2n) is 2.44. The first-order chi connectivity index (χ1) is 6.09. The minimum Gasteiger partial charge on any atom is -0.508 e. The minimum absolute atomic E-state index is 0.0719. The van der Waals surface area contributed by atoms with E-state index in [4.69, 9.17) is 5.11 Å². The number of carbonyl (C=O) groups excluding carboxylic acids is 2. The van der Waals surface area contributed by atoms with E-state index in [1.165, 1.54) is 24.3 Å². The summed E-state index contributed by atoms with van der Waals surface area (Å²) in [4.78, 5) is 21.3.